The lowest BCUT2D eigenvalue weighted by molar-refractivity contribution is 0.671. The summed E-state index contributed by atoms with van der Waals surface area (Å²) in [7, 11) is 0. The molecule has 1 aliphatic rings. The van der Waals surface area contributed by atoms with Crippen LogP contribution in [0.2, 0.25) is 0 Å². The molecule has 1 aliphatic heterocycles. The van der Waals surface area contributed by atoms with Crippen molar-refractivity contribution < 1.29 is 0 Å². The highest BCUT2D eigenvalue weighted by atomic mass is 32.2. The van der Waals surface area contributed by atoms with E-state index in [9.17, 15) is 4.79 Å². The molecule has 3 rings (SSSR count). The monoisotopic (exact) mass is 298 g/mol. The van der Waals surface area contributed by atoms with Crippen molar-refractivity contribution in [3.8, 4) is 17.3 Å². The molecular weight excluding hydrogens is 288 g/mol. The molecule has 0 bridgehead atoms. The van der Waals surface area contributed by atoms with Gasteiger partial charge in [-0.15, -0.1) is 10.2 Å². The minimum Gasteiger partial charge on any atom is -0.383 e. The summed E-state index contributed by atoms with van der Waals surface area (Å²) in [4.78, 5) is 12.7. The molecule has 0 unspecified atom stereocenters. The molecule has 0 saturated heterocycles. The normalized spacial score (nSPS) is 13.3. The Kier molecular flexibility index (Phi) is 3.12. The summed E-state index contributed by atoms with van der Waals surface area (Å²) in [5.74, 6) is 0.125. The van der Waals surface area contributed by atoms with E-state index >= 15 is 0 Å². The van der Waals surface area contributed by atoms with Crippen LogP contribution in [0.5, 0.6) is 0 Å². The third kappa shape index (κ3) is 2.23. The molecule has 3 N–H and O–H groups in total. The van der Waals surface area contributed by atoms with Crippen molar-refractivity contribution in [1.82, 2.24) is 14.9 Å². The van der Waals surface area contributed by atoms with E-state index in [0.29, 0.717) is 5.56 Å². The third-order valence-electron chi connectivity index (χ3n) is 2.93. The number of aromatic nitrogens is 3. The number of nitriles is 1. The predicted molar refractivity (Wildman–Crippen MR) is 78.5 cm³/mol. The second-order valence-corrected chi connectivity index (χ2v) is 5.38. The molecule has 0 fully saturated rings. The lowest BCUT2D eigenvalue weighted by Gasteiger charge is -2.18. The van der Waals surface area contributed by atoms with Crippen molar-refractivity contribution in [2.45, 2.75) is 12.1 Å². The number of hydrogen-bond acceptors (Lipinski definition) is 7. The number of nitrogens with zero attached hydrogens (tertiary/aromatic N) is 4. The number of fused-ring (bicyclic) bond motifs is 1. The van der Waals surface area contributed by atoms with E-state index in [0.717, 1.165) is 17.3 Å². The van der Waals surface area contributed by atoms with Crippen molar-refractivity contribution in [3.05, 3.63) is 50.9 Å². The Morgan fingerprint density at radius 2 is 2.05 bits per heavy atom. The number of benzene rings is 1. The van der Waals surface area contributed by atoms with Crippen LogP contribution < -0.4 is 16.7 Å². The van der Waals surface area contributed by atoms with Crippen LogP contribution >= 0.6 is 11.8 Å². The third-order valence-corrected chi connectivity index (χ3v) is 3.89. The molecule has 7 nitrogen and oxygen atoms in total. The number of hydrogen-bond donors (Lipinski definition) is 2. The van der Waals surface area contributed by atoms with Gasteiger partial charge in [0.25, 0.3) is 5.56 Å². The Balaban J connectivity index is 2.11. The average Bonchev–Trinajstić information content (AvgIpc) is 2.49. The zero-order valence-corrected chi connectivity index (χ0v) is 11.8. The van der Waals surface area contributed by atoms with Gasteiger partial charge in [-0.25, -0.2) is 0 Å². The summed E-state index contributed by atoms with van der Waals surface area (Å²) in [6.45, 7) is 1.96. The van der Waals surface area contributed by atoms with Gasteiger partial charge in [-0.05, 0) is 18.7 Å². The van der Waals surface area contributed by atoms with Crippen LogP contribution in [0.25, 0.3) is 11.3 Å². The van der Waals surface area contributed by atoms with Gasteiger partial charge in [-0.1, -0.05) is 29.8 Å². The van der Waals surface area contributed by atoms with Gasteiger partial charge < -0.3 is 5.73 Å². The van der Waals surface area contributed by atoms with Gasteiger partial charge in [0, 0.05) is 5.56 Å². The maximum Gasteiger partial charge on any atom is 0.300 e. The van der Waals surface area contributed by atoms with Crippen LogP contribution in [0.1, 0.15) is 5.56 Å². The van der Waals surface area contributed by atoms with Crippen molar-refractivity contribution in [3.63, 3.8) is 0 Å². The standard InChI is InChI=1S/C13H10N6OS/c1-7-2-4-8(5-3-7)10-12(20)19-13(17-16-10)21-9(6-14)11(15)18-19/h2-5,18H,15H2,1H3. The van der Waals surface area contributed by atoms with E-state index in [2.05, 4.69) is 15.6 Å². The van der Waals surface area contributed by atoms with Gasteiger partial charge in [0.1, 0.15) is 16.8 Å². The van der Waals surface area contributed by atoms with E-state index in [1.807, 2.05) is 37.3 Å². The fraction of sp³-hybridized carbons (Fsp3) is 0.0769. The quantitative estimate of drug-likeness (QED) is 0.805. The van der Waals surface area contributed by atoms with Crippen LogP contribution in [0.15, 0.2) is 44.9 Å². The SMILES string of the molecule is Cc1ccc(-c2nnc3n(c2=O)NC(N)=C(C#N)S3)cc1. The Morgan fingerprint density at radius 3 is 2.71 bits per heavy atom. The largest absolute Gasteiger partial charge is 0.383 e. The molecule has 0 spiro atoms. The molecule has 1 aromatic carbocycles. The molecule has 0 atom stereocenters. The zero-order chi connectivity index (χ0) is 15.0. The highest BCUT2D eigenvalue weighted by Crippen LogP contribution is 2.27. The maximum absolute atomic E-state index is 12.5. The number of nitrogens with one attached hydrogen (secondary N) is 1. The lowest BCUT2D eigenvalue weighted by Crippen LogP contribution is -2.37. The Hall–Kier alpha value is -2.79. The molecule has 8 heteroatoms. The summed E-state index contributed by atoms with van der Waals surface area (Å²) in [5.41, 5.74) is 9.99. The number of nitrogens with two attached hydrogens (primary N) is 1. The summed E-state index contributed by atoms with van der Waals surface area (Å²) in [6.07, 6.45) is 0. The second-order valence-electron chi connectivity index (χ2n) is 4.41. The Morgan fingerprint density at radius 1 is 1.33 bits per heavy atom. The van der Waals surface area contributed by atoms with Gasteiger partial charge in [0.2, 0.25) is 5.16 Å². The van der Waals surface area contributed by atoms with Gasteiger partial charge >= 0.3 is 0 Å². The zero-order valence-electron chi connectivity index (χ0n) is 11.0. The summed E-state index contributed by atoms with van der Waals surface area (Å²) >= 11 is 1.01. The van der Waals surface area contributed by atoms with Crippen LogP contribution in [-0.2, 0) is 0 Å². The molecule has 1 aromatic heterocycles. The molecule has 104 valence electrons. The fourth-order valence-electron chi connectivity index (χ4n) is 1.83. The van der Waals surface area contributed by atoms with Crippen LogP contribution in [0.3, 0.4) is 0 Å². The maximum atomic E-state index is 12.5. The number of thioether (sulfide) groups is 1. The van der Waals surface area contributed by atoms with Crippen molar-refractivity contribution >= 4 is 11.8 Å². The van der Waals surface area contributed by atoms with E-state index < -0.39 is 0 Å². The fourth-order valence-corrected chi connectivity index (χ4v) is 2.52. The first-order valence-electron chi connectivity index (χ1n) is 6.01. The van der Waals surface area contributed by atoms with Crippen molar-refractivity contribution in [2.24, 2.45) is 5.73 Å². The molecule has 2 heterocycles. The van der Waals surface area contributed by atoms with Crippen LogP contribution in [0, 0.1) is 18.3 Å². The highest BCUT2D eigenvalue weighted by molar-refractivity contribution is 8.03. The highest BCUT2D eigenvalue weighted by Gasteiger charge is 2.21. The average molecular weight is 298 g/mol. The molecule has 0 aliphatic carbocycles. The molecule has 2 aromatic rings. The molecule has 0 saturated carbocycles. The van der Waals surface area contributed by atoms with Crippen molar-refractivity contribution in [2.75, 3.05) is 5.43 Å². The van der Waals surface area contributed by atoms with E-state index in [4.69, 9.17) is 11.0 Å². The van der Waals surface area contributed by atoms with Crippen LogP contribution in [-0.4, -0.2) is 14.9 Å². The summed E-state index contributed by atoms with van der Waals surface area (Å²) < 4.78 is 1.20. The Labute approximate surface area is 124 Å². The number of allylic oxidation sites excluding steroid dienone is 1. The summed E-state index contributed by atoms with van der Waals surface area (Å²) in [6, 6.07) is 9.34. The molecule has 21 heavy (non-hydrogen) atoms. The van der Waals surface area contributed by atoms with Gasteiger partial charge in [-0.2, -0.15) is 9.94 Å². The molecule has 0 amide bonds. The van der Waals surface area contributed by atoms with Crippen LogP contribution in [0.4, 0.5) is 0 Å². The van der Waals surface area contributed by atoms with Crippen molar-refractivity contribution in [1.29, 1.82) is 5.26 Å². The topological polar surface area (TPSA) is 110 Å². The van der Waals surface area contributed by atoms with Gasteiger partial charge in [0.15, 0.2) is 5.69 Å². The first kappa shape index (κ1) is 13.2. The van der Waals surface area contributed by atoms with Gasteiger partial charge in [-0.3, -0.25) is 10.2 Å². The lowest BCUT2D eigenvalue weighted by atomic mass is 10.1. The first-order chi connectivity index (χ1) is 10.1. The molecular formula is C13H10N6OS. The Bertz CT molecular complexity index is 846. The predicted octanol–water partition coefficient (Wildman–Crippen LogP) is 0.914. The number of rotatable bonds is 1. The molecule has 0 radical (unpaired) electrons. The smallest absolute Gasteiger partial charge is 0.300 e. The summed E-state index contributed by atoms with van der Waals surface area (Å²) in [5, 5.41) is 17.2. The number of aryl methyl sites for hydroxylation is 1. The van der Waals surface area contributed by atoms with E-state index in [-0.39, 0.29) is 27.1 Å². The van der Waals surface area contributed by atoms with E-state index in [1.165, 1.54) is 4.68 Å². The van der Waals surface area contributed by atoms with E-state index in [1.54, 1.807) is 0 Å². The first-order valence-corrected chi connectivity index (χ1v) is 6.83. The van der Waals surface area contributed by atoms with Gasteiger partial charge in [0.05, 0.1) is 0 Å². The minimum absolute atomic E-state index is 0.125. The second kappa shape index (κ2) is 4.96. The minimum atomic E-state index is -0.365.